The number of likely N-dealkylation sites (tertiary alicyclic amines) is 1. The first-order valence-electron chi connectivity index (χ1n) is 5.92. The van der Waals surface area contributed by atoms with Crippen molar-refractivity contribution in [2.75, 3.05) is 13.2 Å². The van der Waals surface area contributed by atoms with E-state index < -0.39 is 24.1 Å². The number of carbonyl (C=O) groups is 2. The van der Waals surface area contributed by atoms with Crippen LogP contribution in [-0.2, 0) is 14.3 Å². The molecule has 7 heteroatoms. The van der Waals surface area contributed by atoms with Gasteiger partial charge in [-0.05, 0) is 19.3 Å². The molecule has 0 aromatic carbocycles. The third-order valence-electron chi connectivity index (χ3n) is 2.77. The van der Waals surface area contributed by atoms with Crippen LogP contribution in [0.3, 0.4) is 0 Å². The van der Waals surface area contributed by atoms with E-state index in [0.717, 1.165) is 6.42 Å². The number of alkyl halides is 3. The quantitative estimate of drug-likeness (QED) is 0.577. The lowest BCUT2D eigenvalue weighted by Gasteiger charge is -2.24. The molecule has 0 aromatic rings. The van der Waals surface area contributed by atoms with Crippen LogP contribution in [0.25, 0.3) is 0 Å². The minimum atomic E-state index is -4.94. The zero-order valence-corrected chi connectivity index (χ0v) is 10.1. The molecule has 0 saturated carbocycles. The second-order valence-electron chi connectivity index (χ2n) is 4.18. The Labute approximate surface area is 103 Å². The summed E-state index contributed by atoms with van der Waals surface area (Å²) < 4.78 is 41.8. The molecule has 1 saturated heterocycles. The van der Waals surface area contributed by atoms with E-state index in [2.05, 4.69) is 0 Å². The summed E-state index contributed by atoms with van der Waals surface area (Å²) in [6.45, 7) is 2.04. The molecule has 1 aliphatic heterocycles. The maximum absolute atomic E-state index is 12.3. The van der Waals surface area contributed by atoms with E-state index in [0.29, 0.717) is 17.7 Å². The summed E-state index contributed by atoms with van der Waals surface area (Å²) in [6.07, 6.45) is -2.84. The molecule has 1 aliphatic rings. The lowest BCUT2D eigenvalue weighted by atomic mass is 10.2. The topological polar surface area (TPSA) is 46.6 Å². The Morgan fingerprint density at radius 1 is 1.39 bits per heavy atom. The number of carbonyl (C=O) groups excluding carboxylic acids is 2. The van der Waals surface area contributed by atoms with Crippen molar-refractivity contribution in [1.82, 2.24) is 4.90 Å². The van der Waals surface area contributed by atoms with E-state index in [1.54, 1.807) is 0 Å². The Hall–Kier alpha value is -1.27. The Bertz CT molecular complexity index is 317. The monoisotopic (exact) mass is 267 g/mol. The summed E-state index contributed by atoms with van der Waals surface area (Å²) in [7, 11) is 0. The molecule has 0 radical (unpaired) electrons. The van der Waals surface area contributed by atoms with Gasteiger partial charge in [-0.2, -0.15) is 13.2 Å². The summed E-state index contributed by atoms with van der Waals surface area (Å²) in [5.74, 6) is -2.70. The number of ether oxygens (including phenoxy) is 1. The lowest BCUT2D eigenvalue weighted by Crippen LogP contribution is -2.47. The maximum atomic E-state index is 12.3. The van der Waals surface area contributed by atoms with Crippen molar-refractivity contribution in [2.45, 2.75) is 44.8 Å². The Kier molecular flexibility index (Phi) is 4.98. The van der Waals surface area contributed by atoms with E-state index in [4.69, 9.17) is 4.74 Å². The first-order chi connectivity index (χ1) is 8.38. The third kappa shape index (κ3) is 3.61. The van der Waals surface area contributed by atoms with Gasteiger partial charge in [-0.25, -0.2) is 4.79 Å². The molecule has 0 spiro atoms. The van der Waals surface area contributed by atoms with Gasteiger partial charge < -0.3 is 9.64 Å². The van der Waals surface area contributed by atoms with Crippen LogP contribution in [0.1, 0.15) is 32.6 Å². The minimum absolute atomic E-state index is 0.0497. The second kappa shape index (κ2) is 6.06. The number of rotatable bonds is 4. The van der Waals surface area contributed by atoms with Crippen molar-refractivity contribution in [3.8, 4) is 0 Å². The number of nitrogens with zero attached hydrogens (tertiary/aromatic N) is 1. The van der Waals surface area contributed by atoms with Crippen LogP contribution >= 0.6 is 0 Å². The van der Waals surface area contributed by atoms with Gasteiger partial charge in [0.2, 0.25) is 0 Å². The zero-order valence-electron chi connectivity index (χ0n) is 10.1. The maximum Gasteiger partial charge on any atom is 0.471 e. The van der Waals surface area contributed by atoms with Crippen LogP contribution in [0.5, 0.6) is 0 Å². The fourth-order valence-corrected chi connectivity index (χ4v) is 1.83. The standard InChI is InChI=1S/C11H16F3NO3/c1-2-3-7-18-9(16)8-5-4-6-15(8)10(17)11(12,13)14/h8H,2-7H2,1H3. The number of halogens is 3. The van der Waals surface area contributed by atoms with Crippen LogP contribution in [0.4, 0.5) is 13.2 Å². The number of hydrogen-bond acceptors (Lipinski definition) is 3. The van der Waals surface area contributed by atoms with Gasteiger partial charge in [-0.3, -0.25) is 4.79 Å². The molecule has 4 nitrogen and oxygen atoms in total. The molecule has 1 atom stereocenters. The highest BCUT2D eigenvalue weighted by molar-refractivity contribution is 5.88. The van der Waals surface area contributed by atoms with Crippen LogP contribution in [0.15, 0.2) is 0 Å². The average molecular weight is 267 g/mol. The lowest BCUT2D eigenvalue weighted by molar-refractivity contribution is -0.188. The van der Waals surface area contributed by atoms with Gasteiger partial charge in [0.15, 0.2) is 0 Å². The smallest absolute Gasteiger partial charge is 0.464 e. The number of unbranched alkanes of at least 4 members (excludes halogenated alkanes) is 1. The summed E-state index contributed by atoms with van der Waals surface area (Å²) in [5.41, 5.74) is 0. The third-order valence-corrected chi connectivity index (χ3v) is 2.77. The molecule has 0 bridgehead atoms. The van der Waals surface area contributed by atoms with Crippen LogP contribution < -0.4 is 0 Å². The minimum Gasteiger partial charge on any atom is -0.464 e. The first-order valence-corrected chi connectivity index (χ1v) is 5.92. The molecule has 1 rings (SSSR count). The Morgan fingerprint density at radius 3 is 2.61 bits per heavy atom. The van der Waals surface area contributed by atoms with Crippen molar-refractivity contribution in [1.29, 1.82) is 0 Å². The Balaban J connectivity index is 2.59. The Morgan fingerprint density at radius 2 is 2.06 bits per heavy atom. The van der Waals surface area contributed by atoms with E-state index in [-0.39, 0.29) is 19.6 Å². The van der Waals surface area contributed by atoms with Crippen LogP contribution in [0, 0.1) is 0 Å². The van der Waals surface area contributed by atoms with Crippen molar-refractivity contribution in [2.24, 2.45) is 0 Å². The highest BCUT2D eigenvalue weighted by atomic mass is 19.4. The molecular weight excluding hydrogens is 251 g/mol. The van der Waals surface area contributed by atoms with Crippen molar-refractivity contribution in [3.63, 3.8) is 0 Å². The van der Waals surface area contributed by atoms with Crippen LogP contribution in [0.2, 0.25) is 0 Å². The predicted octanol–water partition coefficient (Wildman–Crippen LogP) is 1.88. The fraction of sp³-hybridized carbons (Fsp3) is 0.818. The van der Waals surface area contributed by atoms with Gasteiger partial charge in [0, 0.05) is 6.54 Å². The van der Waals surface area contributed by atoms with Crippen LogP contribution in [-0.4, -0.2) is 42.1 Å². The number of esters is 1. The number of amides is 1. The first kappa shape index (κ1) is 14.8. The largest absolute Gasteiger partial charge is 0.471 e. The van der Waals surface area contributed by atoms with E-state index in [9.17, 15) is 22.8 Å². The second-order valence-corrected chi connectivity index (χ2v) is 4.18. The molecular formula is C11H16F3NO3. The molecule has 0 aromatic heterocycles. The van der Waals surface area contributed by atoms with Gasteiger partial charge in [0.1, 0.15) is 6.04 Å². The average Bonchev–Trinajstić information content (AvgIpc) is 2.75. The van der Waals surface area contributed by atoms with Gasteiger partial charge in [0.25, 0.3) is 0 Å². The predicted molar refractivity (Wildman–Crippen MR) is 56.7 cm³/mol. The van der Waals surface area contributed by atoms with E-state index >= 15 is 0 Å². The molecule has 1 fully saturated rings. The SMILES string of the molecule is CCCCOC(=O)C1CCCN1C(=O)C(F)(F)F. The molecule has 18 heavy (non-hydrogen) atoms. The van der Waals surface area contributed by atoms with E-state index in [1.165, 1.54) is 0 Å². The van der Waals surface area contributed by atoms with E-state index in [1.807, 2.05) is 6.92 Å². The van der Waals surface area contributed by atoms with Gasteiger partial charge in [0.05, 0.1) is 6.61 Å². The van der Waals surface area contributed by atoms with Crippen molar-refractivity contribution >= 4 is 11.9 Å². The molecule has 1 amide bonds. The summed E-state index contributed by atoms with van der Waals surface area (Å²) in [6, 6.07) is -1.09. The molecule has 1 unspecified atom stereocenters. The van der Waals surface area contributed by atoms with Crippen molar-refractivity contribution < 1.29 is 27.5 Å². The molecule has 0 N–H and O–H groups in total. The highest BCUT2D eigenvalue weighted by Gasteiger charge is 2.48. The summed E-state index contributed by atoms with van der Waals surface area (Å²) >= 11 is 0. The summed E-state index contributed by atoms with van der Waals surface area (Å²) in [4.78, 5) is 23.2. The normalized spacial score (nSPS) is 20.0. The molecule has 0 aliphatic carbocycles. The molecule has 1 heterocycles. The zero-order chi connectivity index (χ0) is 13.8. The van der Waals surface area contributed by atoms with Gasteiger partial charge >= 0.3 is 18.1 Å². The molecule has 104 valence electrons. The van der Waals surface area contributed by atoms with Crippen molar-refractivity contribution in [3.05, 3.63) is 0 Å². The summed E-state index contributed by atoms with van der Waals surface area (Å²) in [5, 5.41) is 0. The fourth-order valence-electron chi connectivity index (χ4n) is 1.83. The number of hydrogen-bond donors (Lipinski definition) is 0. The highest BCUT2D eigenvalue weighted by Crippen LogP contribution is 2.26. The van der Waals surface area contributed by atoms with Gasteiger partial charge in [-0.15, -0.1) is 0 Å². The van der Waals surface area contributed by atoms with Gasteiger partial charge in [-0.1, -0.05) is 13.3 Å².